The van der Waals surface area contributed by atoms with E-state index in [9.17, 15) is 9.59 Å². The van der Waals surface area contributed by atoms with Crippen molar-refractivity contribution in [3.05, 3.63) is 52.4 Å². The van der Waals surface area contributed by atoms with E-state index in [2.05, 4.69) is 10.9 Å². The van der Waals surface area contributed by atoms with Gasteiger partial charge in [-0.3, -0.25) is 20.4 Å². The minimum absolute atomic E-state index is 0.102. The molecule has 1 heterocycles. The minimum Gasteiger partial charge on any atom is -0.483 e. The molecule has 0 bridgehead atoms. The number of rotatable bonds is 4. The van der Waals surface area contributed by atoms with Crippen LogP contribution < -0.4 is 15.6 Å². The van der Waals surface area contributed by atoms with Gasteiger partial charge in [0.25, 0.3) is 5.91 Å². The summed E-state index contributed by atoms with van der Waals surface area (Å²) in [5.74, 6) is -0.339. The summed E-state index contributed by atoms with van der Waals surface area (Å²) in [5, 5.41) is 0.609. The summed E-state index contributed by atoms with van der Waals surface area (Å²) in [5.41, 5.74) is 6.13. The van der Waals surface area contributed by atoms with Gasteiger partial charge in [0.05, 0.1) is 6.26 Å². The summed E-state index contributed by atoms with van der Waals surface area (Å²) in [6, 6.07) is 6.56. The SMILES string of the molecule is Cc1cc(Cl)cc(C)c1OCC(=O)NNC(=O)c1ccco1. The predicted octanol–water partition coefficient (Wildman–Crippen LogP) is 2.39. The normalized spacial score (nSPS) is 10.1. The van der Waals surface area contributed by atoms with E-state index in [0.29, 0.717) is 10.8 Å². The van der Waals surface area contributed by atoms with Crippen molar-refractivity contribution in [3.63, 3.8) is 0 Å². The lowest BCUT2D eigenvalue weighted by molar-refractivity contribution is -0.123. The molecular weight excluding hydrogens is 308 g/mol. The van der Waals surface area contributed by atoms with Crippen LogP contribution in [0.4, 0.5) is 0 Å². The fourth-order valence-electron chi connectivity index (χ4n) is 1.89. The molecule has 0 aliphatic rings. The van der Waals surface area contributed by atoms with Crippen molar-refractivity contribution < 1.29 is 18.7 Å². The highest BCUT2D eigenvalue weighted by Crippen LogP contribution is 2.26. The van der Waals surface area contributed by atoms with Gasteiger partial charge in [-0.05, 0) is 49.2 Å². The van der Waals surface area contributed by atoms with Crippen LogP contribution in [0.15, 0.2) is 34.9 Å². The van der Waals surface area contributed by atoms with Crippen LogP contribution in [0.1, 0.15) is 21.7 Å². The first-order valence-electron chi connectivity index (χ1n) is 6.49. The molecule has 0 saturated heterocycles. The van der Waals surface area contributed by atoms with Crippen LogP contribution in [0.3, 0.4) is 0 Å². The molecule has 1 aromatic carbocycles. The summed E-state index contributed by atoms with van der Waals surface area (Å²) >= 11 is 5.93. The Morgan fingerprint density at radius 3 is 2.50 bits per heavy atom. The molecule has 0 unspecified atom stereocenters. The van der Waals surface area contributed by atoms with E-state index >= 15 is 0 Å². The minimum atomic E-state index is -0.544. The smallest absolute Gasteiger partial charge is 0.305 e. The van der Waals surface area contributed by atoms with E-state index in [1.165, 1.54) is 12.3 Å². The molecule has 0 fully saturated rings. The zero-order valence-electron chi connectivity index (χ0n) is 12.1. The maximum atomic E-state index is 11.7. The molecule has 0 aliphatic carbocycles. The lowest BCUT2D eigenvalue weighted by atomic mass is 10.1. The van der Waals surface area contributed by atoms with Gasteiger partial charge in [0.15, 0.2) is 12.4 Å². The molecule has 116 valence electrons. The Hall–Kier alpha value is -2.47. The third kappa shape index (κ3) is 4.02. The second-order valence-corrected chi connectivity index (χ2v) is 5.07. The van der Waals surface area contributed by atoms with E-state index in [1.54, 1.807) is 18.2 Å². The first-order chi connectivity index (χ1) is 10.5. The van der Waals surface area contributed by atoms with Gasteiger partial charge in [-0.1, -0.05) is 11.6 Å². The molecular formula is C15H15ClN2O4. The molecule has 0 aliphatic heterocycles. The van der Waals surface area contributed by atoms with Crippen molar-refractivity contribution in [1.82, 2.24) is 10.9 Å². The van der Waals surface area contributed by atoms with Gasteiger partial charge in [-0.25, -0.2) is 0 Å². The first kappa shape index (κ1) is 15.9. The van der Waals surface area contributed by atoms with Crippen molar-refractivity contribution in [3.8, 4) is 5.75 Å². The molecule has 0 spiro atoms. The second-order valence-electron chi connectivity index (χ2n) is 4.64. The molecule has 2 N–H and O–H groups in total. The Kier molecular flexibility index (Phi) is 5.06. The molecule has 1 aromatic heterocycles. The number of carbonyl (C=O) groups excluding carboxylic acids is 2. The van der Waals surface area contributed by atoms with Crippen molar-refractivity contribution in [2.75, 3.05) is 6.61 Å². The number of benzene rings is 1. The summed E-state index contributed by atoms with van der Waals surface area (Å²) in [6.45, 7) is 3.44. The van der Waals surface area contributed by atoms with Crippen LogP contribution in [0.5, 0.6) is 5.75 Å². The molecule has 0 atom stereocenters. The van der Waals surface area contributed by atoms with E-state index in [-0.39, 0.29) is 12.4 Å². The number of hydrogen-bond acceptors (Lipinski definition) is 4. The third-order valence-electron chi connectivity index (χ3n) is 2.83. The molecule has 2 aromatic rings. The highest BCUT2D eigenvalue weighted by atomic mass is 35.5. The van der Waals surface area contributed by atoms with Crippen molar-refractivity contribution >= 4 is 23.4 Å². The zero-order valence-corrected chi connectivity index (χ0v) is 12.9. The number of aryl methyl sites for hydroxylation is 2. The number of nitrogens with one attached hydrogen (secondary N) is 2. The fraction of sp³-hybridized carbons (Fsp3) is 0.200. The lowest BCUT2D eigenvalue weighted by Crippen LogP contribution is -2.43. The summed E-state index contributed by atoms with van der Waals surface area (Å²) < 4.78 is 10.4. The number of amides is 2. The number of carbonyl (C=O) groups is 2. The summed E-state index contributed by atoms with van der Waals surface area (Å²) in [6.07, 6.45) is 1.37. The van der Waals surface area contributed by atoms with Crippen LogP contribution in [-0.4, -0.2) is 18.4 Å². The van der Waals surface area contributed by atoms with Crippen molar-refractivity contribution in [2.45, 2.75) is 13.8 Å². The highest BCUT2D eigenvalue weighted by molar-refractivity contribution is 6.30. The maximum absolute atomic E-state index is 11.7. The number of halogens is 1. The molecule has 2 rings (SSSR count). The maximum Gasteiger partial charge on any atom is 0.305 e. The largest absolute Gasteiger partial charge is 0.483 e. The molecule has 7 heteroatoms. The quantitative estimate of drug-likeness (QED) is 0.847. The zero-order chi connectivity index (χ0) is 16.1. The summed E-state index contributed by atoms with van der Waals surface area (Å²) in [4.78, 5) is 23.2. The van der Waals surface area contributed by atoms with Gasteiger partial charge >= 0.3 is 5.91 Å². The molecule has 22 heavy (non-hydrogen) atoms. The topological polar surface area (TPSA) is 80.6 Å². The van der Waals surface area contributed by atoms with Crippen LogP contribution in [0.25, 0.3) is 0 Å². The van der Waals surface area contributed by atoms with Crippen LogP contribution in [-0.2, 0) is 4.79 Å². The number of hydrazine groups is 1. The Labute approximate surface area is 132 Å². The molecule has 2 amide bonds. The van der Waals surface area contributed by atoms with Gasteiger partial charge in [-0.15, -0.1) is 0 Å². The Morgan fingerprint density at radius 2 is 1.91 bits per heavy atom. The average Bonchev–Trinajstić information content (AvgIpc) is 2.97. The van der Waals surface area contributed by atoms with E-state index in [0.717, 1.165) is 11.1 Å². The van der Waals surface area contributed by atoms with Crippen molar-refractivity contribution in [1.29, 1.82) is 0 Å². The standard InChI is InChI=1S/C15H15ClN2O4/c1-9-6-11(16)7-10(2)14(9)22-8-13(19)17-18-15(20)12-4-3-5-21-12/h3-7H,8H2,1-2H3,(H,17,19)(H,18,20). The predicted molar refractivity (Wildman–Crippen MR) is 80.7 cm³/mol. The van der Waals surface area contributed by atoms with Gasteiger partial charge in [0.1, 0.15) is 5.75 Å². The number of ether oxygens (including phenoxy) is 1. The van der Waals surface area contributed by atoms with Gasteiger partial charge in [-0.2, -0.15) is 0 Å². The molecule has 0 saturated carbocycles. The van der Waals surface area contributed by atoms with Gasteiger partial charge in [0.2, 0.25) is 0 Å². The van der Waals surface area contributed by atoms with Gasteiger partial charge < -0.3 is 9.15 Å². The monoisotopic (exact) mass is 322 g/mol. The summed E-state index contributed by atoms with van der Waals surface area (Å²) in [7, 11) is 0. The Balaban J connectivity index is 1.85. The second kappa shape index (κ2) is 7.00. The van der Waals surface area contributed by atoms with Gasteiger partial charge in [0, 0.05) is 5.02 Å². The van der Waals surface area contributed by atoms with Crippen molar-refractivity contribution in [2.24, 2.45) is 0 Å². The van der Waals surface area contributed by atoms with E-state index < -0.39 is 11.8 Å². The van der Waals surface area contributed by atoms with Crippen LogP contribution in [0, 0.1) is 13.8 Å². The number of furan rings is 1. The third-order valence-corrected chi connectivity index (χ3v) is 3.05. The fourth-order valence-corrected chi connectivity index (χ4v) is 2.22. The lowest BCUT2D eigenvalue weighted by Gasteiger charge is -2.12. The number of hydrogen-bond donors (Lipinski definition) is 2. The average molecular weight is 323 g/mol. The molecule has 6 nitrogen and oxygen atoms in total. The van der Waals surface area contributed by atoms with E-state index in [1.807, 2.05) is 13.8 Å². The Bertz CT molecular complexity index is 660. The highest BCUT2D eigenvalue weighted by Gasteiger charge is 2.11. The van der Waals surface area contributed by atoms with E-state index in [4.69, 9.17) is 20.8 Å². The molecule has 0 radical (unpaired) electrons. The van der Waals surface area contributed by atoms with Crippen LogP contribution >= 0.6 is 11.6 Å². The first-order valence-corrected chi connectivity index (χ1v) is 6.87. The Morgan fingerprint density at radius 1 is 1.23 bits per heavy atom. The van der Waals surface area contributed by atoms with Crippen LogP contribution in [0.2, 0.25) is 5.02 Å².